The van der Waals surface area contributed by atoms with Gasteiger partial charge in [0.2, 0.25) is 0 Å². The highest BCUT2D eigenvalue weighted by Crippen LogP contribution is 2.39. The van der Waals surface area contributed by atoms with Gasteiger partial charge in [0.05, 0.1) is 0 Å². The summed E-state index contributed by atoms with van der Waals surface area (Å²) in [4.78, 5) is 13.5. The highest BCUT2D eigenvalue weighted by molar-refractivity contribution is 7.99. The van der Waals surface area contributed by atoms with Crippen molar-refractivity contribution in [2.75, 3.05) is 12.3 Å². The summed E-state index contributed by atoms with van der Waals surface area (Å²) >= 11 is 2.03. The summed E-state index contributed by atoms with van der Waals surface area (Å²) < 4.78 is 0. The van der Waals surface area contributed by atoms with Crippen LogP contribution in [0, 0.1) is 5.92 Å². The first-order valence-corrected chi connectivity index (χ1v) is 8.20. The Morgan fingerprint density at radius 2 is 1.94 bits per heavy atom. The van der Waals surface area contributed by atoms with E-state index in [9.17, 15) is 4.79 Å². The molecule has 0 spiro atoms. The second kappa shape index (κ2) is 6.29. The molecule has 3 nitrogen and oxygen atoms in total. The summed E-state index contributed by atoms with van der Waals surface area (Å²) in [6.07, 6.45) is 5.16. The third kappa shape index (κ3) is 3.64. The molecule has 2 heterocycles. The average molecular weight is 271 g/mol. The number of hydrogen-bond acceptors (Lipinski definition) is 3. The number of fused-ring (bicyclic) bond motifs is 2. The Hall–Kier alpha value is -0.220. The number of thioether (sulfide) groups is 1. The van der Waals surface area contributed by atoms with Gasteiger partial charge in [0.25, 0.3) is 0 Å². The molecule has 2 aliphatic rings. The van der Waals surface area contributed by atoms with Crippen LogP contribution in [0.1, 0.15) is 46.0 Å². The maximum absolute atomic E-state index is 10.8. The van der Waals surface area contributed by atoms with Gasteiger partial charge in [-0.3, -0.25) is 9.69 Å². The minimum atomic E-state index is -0.622. The van der Waals surface area contributed by atoms with E-state index in [4.69, 9.17) is 5.11 Å². The van der Waals surface area contributed by atoms with Crippen LogP contribution in [0.3, 0.4) is 0 Å². The topological polar surface area (TPSA) is 40.5 Å². The van der Waals surface area contributed by atoms with Gasteiger partial charge >= 0.3 is 5.97 Å². The molecular formula is C14H25NO2S. The summed E-state index contributed by atoms with van der Waals surface area (Å²) in [6.45, 7) is 5.69. The van der Waals surface area contributed by atoms with Crippen molar-refractivity contribution in [2.24, 2.45) is 5.92 Å². The van der Waals surface area contributed by atoms with Gasteiger partial charge in [-0.05, 0) is 36.9 Å². The van der Waals surface area contributed by atoms with E-state index in [1.165, 1.54) is 25.1 Å². The SMILES string of the molecule is CC(C)SCCN1C2CCC1CC(CC(=O)O)C2. The van der Waals surface area contributed by atoms with Crippen LogP contribution in [0.15, 0.2) is 0 Å². The van der Waals surface area contributed by atoms with Gasteiger partial charge in [0.1, 0.15) is 0 Å². The molecule has 2 saturated heterocycles. The number of carboxylic acid groups (broad SMARTS) is 1. The molecule has 0 radical (unpaired) electrons. The van der Waals surface area contributed by atoms with E-state index in [-0.39, 0.29) is 0 Å². The van der Waals surface area contributed by atoms with Crippen molar-refractivity contribution in [3.8, 4) is 0 Å². The van der Waals surface area contributed by atoms with Gasteiger partial charge in [-0.15, -0.1) is 0 Å². The molecule has 0 aromatic heterocycles. The zero-order valence-electron chi connectivity index (χ0n) is 11.5. The van der Waals surface area contributed by atoms with E-state index >= 15 is 0 Å². The summed E-state index contributed by atoms with van der Waals surface area (Å²) in [5.74, 6) is 1.02. The zero-order chi connectivity index (χ0) is 13.1. The van der Waals surface area contributed by atoms with Crippen molar-refractivity contribution in [3.05, 3.63) is 0 Å². The molecule has 0 aromatic carbocycles. The normalized spacial score (nSPS) is 32.1. The first kappa shape index (κ1) is 14.2. The number of rotatable bonds is 6. The number of nitrogens with zero attached hydrogens (tertiary/aromatic N) is 1. The highest BCUT2D eigenvalue weighted by Gasteiger charge is 2.40. The van der Waals surface area contributed by atoms with Gasteiger partial charge in [-0.2, -0.15) is 11.8 Å². The Balaban J connectivity index is 1.80. The van der Waals surface area contributed by atoms with Crippen molar-refractivity contribution in [1.29, 1.82) is 0 Å². The predicted molar refractivity (Wildman–Crippen MR) is 76.1 cm³/mol. The van der Waals surface area contributed by atoms with Gasteiger partial charge in [-0.25, -0.2) is 0 Å². The number of carbonyl (C=O) groups is 1. The van der Waals surface area contributed by atoms with E-state index in [2.05, 4.69) is 18.7 Å². The Morgan fingerprint density at radius 3 is 2.44 bits per heavy atom. The Kier molecular flexibility index (Phi) is 4.96. The van der Waals surface area contributed by atoms with Crippen LogP contribution in [0.5, 0.6) is 0 Å². The summed E-state index contributed by atoms with van der Waals surface area (Å²) in [5.41, 5.74) is 0. The molecule has 4 heteroatoms. The van der Waals surface area contributed by atoms with Crippen LogP contribution in [-0.4, -0.2) is 45.6 Å². The maximum Gasteiger partial charge on any atom is 0.303 e. The smallest absolute Gasteiger partial charge is 0.303 e. The molecule has 0 aromatic rings. The van der Waals surface area contributed by atoms with Gasteiger partial charge in [0.15, 0.2) is 0 Å². The number of piperidine rings is 1. The van der Waals surface area contributed by atoms with E-state index in [0.717, 1.165) is 12.8 Å². The first-order chi connectivity index (χ1) is 8.56. The van der Waals surface area contributed by atoms with E-state index < -0.39 is 5.97 Å². The van der Waals surface area contributed by atoms with Crippen molar-refractivity contribution in [1.82, 2.24) is 4.90 Å². The van der Waals surface area contributed by atoms with Crippen LogP contribution < -0.4 is 0 Å². The fourth-order valence-electron chi connectivity index (χ4n) is 3.56. The lowest BCUT2D eigenvalue weighted by atomic mass is 9.88. The third-order valence-electron chi connectivity index (χ3n) is 4.25. The van der Waals surface area contributed by atoms with Gasteiger partial charge < -0.3 is 5.11 Å². The van der Waals surface area contributed by atoms with Gasteiger partial charge in [0, 0.05) is 30.8 Å². The average Bonchev–Trinajstić information content (AvgIpc) is 2.51. The Labute approximate surface area is 114 Å². The van der Waals surface area contributed by atoms with E-state index in [1.807, 2.05) is 11.8 Å². The second-order valence-electron chi connectivity index (χ2n) is 5.98. The quantitative estimate of drug-likeness (QED) is 0.806. The van der Waals surface area contributed by atoms with E-state index in [1.54, 1.807) is 0 Å². The molecule has 0 aliphatic carbocycles. The standard InChI is InChI=1S/C14H25NO2S/c1-10(2)18-6-5-15-12-3-4-13(15)8-11(7-12)9-14(16)17/h10-13H,3-9H2,1-2H3,(H,16,17). The van der Waals surface area contributed by atoms with E-state index in [0.29, 0.717) is 29.7 Å². The summed E-state index contributed by atoms with van der Waals surface area (Å²) in [6, 6.07) is 1.33. The molecule has 2 atom stereocenters. The van der Waals surface area contributed by atoms with Crippen LogP contribution >= 0.6 is 11.8 Å². The fourth-order valence-corrected chi connectivity index (χ4v) is 4.35. The number of hydrogen-bond donors (Lipinski definition) is 1. The van der Waals surface area contributed by atoms with Crippen LogP contribution in [0.2, 0.25) is 0 Å². The largest absolute Gasteiger partial charge is 0.481 e. The minimum Gasteiger partial charge on any atom is -0.481 e. The lowest BCUT2D eigenvalue weighted by Crippen LogP contribution is -2.44. The highest BCUT2D eigenvalue weighted by atomic mass is 32.2. The molecule has 2 aliphatic heterocycles. The third-order valence-corrected chi connectivity index (χ3v) is 5.33. The van der Waals surface area contributed by atoms with Gasteiger partial charge in [-0.1, -0.05) is 13.8 Å². The molecule has 1 N–H and O–H groups in total. The zero-order valence-corrected chi connectivity index (χ0v) is 12.3. The summed E-state index contributed by atoms with van der Waals surface area (Å²) in [5, 5.41) is 9.63. The fraction of sp³-hybridized carbons (Fsp3) is 0.929. The lowest BCUT2D eigenvalue weighted by molar-refractivity contribution is -0.138. The van der Waals surface area contributed by atoms with Crippen LogP contribution in [0.4, 0.5) is 0 Å². The minimum absolute atomic E-state index is 0.377. The van der Waals surface area contributed by atoms with Crippen molar-refractivity contribution < 1.29 is 9.90 Å². The number of aliphatic carboxylic acids is 1. The van der Waals surface area contributed by atoms with Crippen molar-refractivity contribution >= 4 is 17.7 Å². The molecular weight excluding hydrogens is 246 g/mol. The second-order valence-corrected chi connectivity index (χ2v) is 7.66. The molecule has 2 bridgehead atoms. The molecule has 2 fully saturated rings. The Bertz CT molecular complexity index is 282. The van der Waals surface area contributed by atoms with Crippen LogP contribution in [-0.2, 0) is 4.79 Å². The molecule has 0 amide bonds. The van der Waals surface area contributed by atoms with Crippen LogP contribution in [0.25, 0.3) is 0 Å². The predicted octanol–water partition coefficient (Wildman–Crippen LogP) is 2.85. The maximum atomic E-state index is 10.8. The summed E-state index contributed by atoms with van der Waals surface area (Å²) in [7, 11) is 0. The van der Waals surface area contributed by atoms with Crippen molar-refractivity contribution in [3.63, 3.8) is 0 Å². The first-order valence-electron chi connectivity index (χ1n) is 7.15. The molecule has 0 saturated carbocycles. The number of carboxylic acids is 1. The molecule has 18 heavy (non-hydrogen) atoms. The van der Waals surface area contributed by atoms with Crippen molar-refractivity contribution in [2.45, 2.75) is 63.3 Å². The molecule has 104 valence electrons. The lowest BCUT2D eigenvalue weighted by Gasteiger charge is -2.38. The molecule has 2 rings (SSSR count). The monoisotopic (exact) mass is 271 g/mol. The Morgan fingerprint density at radius 1 is 1.33 bits per heavy atom. The molecule has 2 unspecified atom stereocenters.